The molecule has 0 radical (unpaired) electrons. The Balaban J connectivity index is 0.000000137. The molecule has 0 aliphatic carbocycles. The molecule has 15 rings (SSSR count). The molecule has 21 nitrogen and oxygen atoms in total. The molecule has 3 aromatic heterocycles. The highest BCUT2D eigenvalue weighted by molar-refractivity contribution is 5.93. The van der Waals surface area contributed by atoms with E-state index in [1.54, 1.807) is 66.0 Å². The lowest BCUT2D eigenvalue weighted by Crippen LogP contribution is -2.57. The second-order valence-corrected chi connectivity index (χ2v) is 28.9. The van der Waals surface area contributed by atoms with Crippen LogP contribution in [-0.2, 0) is 18.9 Å². The molecule has 107 heavy (non-hydrogen) atoms. The highest BCUT2D eigenvalue weighted by atomic mass is 19.1. The van der Waals surface area contributed by atoms with Gasteiger partial charge in [-0.15, -0.1) is 0 Å². The number of carboxylic acids is 1. The largest absolute Gasteiger partial charge is 0.477 e. The molecular formula is C83H97F3N12O9. The van der Waals surface area contributed by atoms with Crippen LogP contribution in [0, 0.1) is 17.5 Å². The number of aromatic nitrogens is 6. The average molecular weight is 1460 g/mol. The summed E-state index contributed by atoms with van der Waals surface area (Å²) in [6.45, 7) is 20.5. The van der Waals surface area contributed by atoms with Crippen LogP contribution in [0.25, 0.3) is 33.4 Å². The van der Waals surface area contributed by atoms with Gasteiger partial charge in [0, 0.05) is 52.4 Å². The SMILES string of the molecule is CC(C)(C)OC(=O)N1CCO[C@H]2CCCNC[C@@H]21.C[C@@H](c1ccccc1-c1ccc(F)cc1)n1cncc1C(=O)N1CCCC2OCCN[C@H]2C1.C[C@@H](c1ccccc1-c1ccc(F)cc1)n1cncc1C(=O)N1CCC[C@H]2OCCN[C@@H]2C1.C[C@@H](c1ccccc1-c1ccc(F)cc1)n1cncc1C(=O)O. The maximum Gasteiger partial charge on any atom is 0.410 e. The van der Waals surface area contributed by atoms with Gasteiger partial charge in [0.2, 0.25) is 0 Å². The summed E-state index contributed by atoms with van der Waals surface area (Å²) in [5.41, 5.74) is 9.60. The number of benzene rings is 6. The lowest BCUT2D eigenvalue weighted by molar-refractivity contribution is -0.0741. The van der Waals surface area contributed by atoms with Crippen molar-refractivity contribution in [2.75, 3.05) is 78.7 Å². The number of hydrogen-bond acceptors (Lipinski definition) is 14. The number of nitrogens with zero attached hydrogens (tertiary/aromatic N) is 9. The molecule has 4 N–H and O–H groups in total. The van der Waals surface area contributed by atoms with E-state index in [-0.39, 0.29) is 95.6 Å². The summed E-state index contributed by atoms with van der Waals surface area (Å²) in [4.78, 5) is 69.0. The Kier molecular flexibility index (Phi) is 25.6. The van der Waals surface area contributed by atoms with Gasteiger partial charge in [0.15, 0.2) is 0 Å². The number of morpholine rings is 3. The van der Waals surface area contributed by atoms with Crippen molar-refractivity contribution in [2.45, 2.75) is 140 Å². The minimum atomic E-state index is -1.02. The van der Waals surface area contributed by atoms with Gasteiger partial charge in [0.1, 0.15) is 40.1 Å². The van der Waals surface area contributed by atoms with Gasteiger partial charge in [-0.1, -0.05) is 109 Å². The lowest BCUT2D eigenvalue weighted by atomic mass is 9.95. The maximum atomic E-state index is 13.6. The first-order chi connectivity index (χ1) is 51.8. The maximum absolute atomic E-state index is 13.6. The zero-order valence-electron chi connectivity index (χ0n) is 61.6. The number of halogens is 3. The van der Waals surface area contributed by atoms with Gasteiger partial charge in [0.25, 0.3) is 11.8 Å². The summed E-state index contributed by atoms with van der Waals surface area (Å²) in [6, 6.07) is 43.0. The molecule has 9 heterocycles. The predicted molar refractivity (Wildman–Crippen MR) is 402 cm³/mol. The summed E-state index contributed by atoms with van der Waals surface area (Å²) in [7, 11) is 0. The van der Waals surface area contributed by atoms with E-state index < -0.39 is 11.6 Å². The van der Waals surface area contributed by atoms with Crippen molar-refractivity contribution in [3.63, 3.8) is 0 Å². The van der Waals surface area contributed by atoms with Gasteiger partial charge in [-0.3, -0.25) is 14.5 Å². The molecular weight excluding hydrogens is 1370 g/mol. The van der Waals surface area contributed by atoms with Crippen LogP contribution in [0.2, 0.25) is 0 Å². The molecule has 6 saturated heterocycles. The molecule has 6 aliphatic rings. The third-order valence-corrected chi connectivity index (χ3v) is 20.7. The number of aromatic carboxylic acids is 1. The summed E-state index contributed by atoms with van der Waals surface area (Å²) >= 11 is 0. The van der Waals surface area contributed by atoms with Gasteiger partial charge in [0.05, 0.1) is 112 Å². The Morgan fingerprint density at radius 1 is 0.495 bits per heavy atom. The molecule has 9 aromatic rings. The average Bonchev–Trinajstić information content (AvgIpc) is 1.79. The number of hydrogen-bond donors (Lipinski definition) is 4. The Bertz CT molecular complexity index is 4250. The number of imidazole rings is 3. The molecule has 3 amide bonds. The third-order valence-electron chi connectivity index (χ3n) is 20.7. The summed E-state index contributed by atoms with van der Waals surface area (Å²) in [5.74, 6) is -1.84. The zero-order valence-corrected chi connectivity index (χ0v) is 61.6. The van der Waals surface area contributed by atoms with Crippen LogP contribution >= 0.6 is 0 Å². The first-order valence-electron chi connectivity index (χ1n) is 37.2. The number of likely N-dealkylation sites (tertiary alicyclic amines) is 2. The first-order valence-corrected chi connectivity index (χ1v) is 37.2. The Labute approximate surface area is 623 Å². The second-order valence-electron chi connectivity index (χ2n) is 28.9. The highest BCUT2D eigenvalue weighted by Crippen LogP contribution is 2.36. The minimum absolute atomic E-state index is 0.00774. The van der Waals surface area contributed by atoms with Gasteiger partial charge in [-0.25, -0.2) is 37.7 Å². The number of ether oxygens (including phenoxy) is 4. The number of carbonyl (C=O) groups excluding carboxylic acids is 3. The van der Waals surface area contributed by atoms with Crippen LogP contribution in [0.5, 0.6) is 0 Å². The van der Waals surface area contributed by atoms with E-state index in [1.165, 1.54) is 48.9 Å². The van der Waals surface area contributed by atoms with Crippen LogP contribution in [0.15, 0.2) is 183 Å². The number of amides is 3. The first kappa shape index (κ1) is 76.8. The van der Waals surface area contributed by atoms with Crippen molar-refractivity contribution >= 4 is 23.9 Å². The summed E-state index contributed by atoms with van der Waals surface area (Å²) in [5, 5.41) is 19.7. The van der Waals surface area contributed by atoms with E-state index in [0.29, 0.717) is 50.7 Å². The van der Waals surface area contributed by atoms with E-state index in [2.05, 4.69) is 56.9 Å². The molecule has 0 spiro atoms. The fourth-order valence-corrected chi connectivity index (χ4v) is 15.2. The van der Waals surface area contributed by atoms with E-state index in [1.807, 2.05) is 112 Å². The van der Waals surface area contributed by atoms with Gasteiger partial charge in [-0.2, -0.15) is 0 Å². The quantitative estimate of drug-likeness (QED) is 0.0892. The number of nitrogens with one attached hydrogen (secondary N) is 3. The van der Waals surface area contributed by atoms with Gasteiger partial charge < -0.3 is 63.5 Å². The van der Waals surface area contributed by atoms with Crippen molar-refractivity contribution in [2.24, 2.45) is 0 Å². The van der Waals surface area contributed by atoms with Gasteiger partial charge >= 0.3 is 12.1 Å². The Hall–Kier alpha value is -9.82. The zero-order chi connectivity index (χ0) is 75.1. The molecule has 0 saturated carbocycles. The fourth-order valence-electron chi connectivity index (χ4n) is 15.2. The van der Waals surface area contributed by atoms with Crippen molar-refractivity contribution in [1.82, 2.24) is 59.3 Å². The number of rotatable bonds is 12. The highest BCUT2D eigenvalue weighted by Gasteiger charge is 2.39. The van der Waals surface area contributed by atoms with Crippen molar-refractivity contribution in [3.05, 3.63) is 234 Å². The molecule has 9 atom stereocenters. The molecule has 6 aliphatic heterocycles. The third kappa shape index (κ3) is 18.9. The summed E-state index contributed by atoms with van der Waals surface area (Å²) in [6.07, 6.45) is 15.8. The van der Waals surface area contributed by atoms with Crippen LogP contribution in [0.3, 0.4) is 0 Å². The standard InChI is InChI=1S/2C26H29FN4O2.C18H15FN2O2.C13H24N2O3/c2*1-18(21-5-2-3-6-22(21)19-8-10-20(27)11-9-19)31-17-28-15-24(31)26(32)30-13-4-7-25-23(16-30)29-12-14-33-25;1-12(21-11-20-10-17(21)18(22)23)15-4-2-3-5-16(15)13-6-8-14(19)9-7-13;1-13(2,3)18-12(16)15-7-8-17-11-5-4-6-14-9-10(11)15/h2*2-3,5-6,8-11,15,17-18,23,25,29H,4,7,12-14,16H2,1H3;2-12H,1H3,(H,22,23);10-11,14H,4-9H2,1-3H3/t18-,23+,25+;18-,23-,25?;12-;10-,11-/m0000/s1. The molecule has 6 fully saturated rings. The number of carboxylic acid groups (broad SMARTS) is 1. The minimum Gasteiger partial charge on any atom is -0.477 e. The van der Waals surface area contributed by atoms with E-state index >= 15 is 0 Å². The van der Waals surface area contributed by atoms with E-state index in [9.17, 15) is 37.5 Å². The molecule has 0 bridgehead atoms. The van der Waals surface area contributed by atoms with Crippen LogP contribution in [-0.4, -0.2) is 193 Å². The van der Waals surface area contributed by atoms with E-state index in [0.717, 1.165) is 128 Å². The number of carbonyl (C=O) groups is 4. The van der Waals surface area contributed by atoms with Crippen molar-refractivity contribution in [3.8, 4) is 33.4 Å². The van der Waals surface area contributed by atoms with E-state index in [4.69, 9.17) is 18.9 Å². The van der Waals surface area contributed by atoms with Crippen molar-refractivity contribution < 1.29 is 56.4 Å². The monoisotopic (exact) mass is 1460 g/mol. The van der Waals surface area contributed by atoms with Crippen LogP contribution in [0.4, 0.5) is 18.0 Å². The van der Waals surface area contributed by atoms with Gasteiger partial charge in [-0.05, 0) is 173 Å². The predicted octanol–water partition coefficient (Wildman–Crippen LogP) is 13.2. The summed E-state index contributed by atoms with van der Waals surface area (Å²) < 4.78 is 68.7. The fraction of sp³-hybridized carbons (Fsp3) is 0.410. The van der Waals surface area contributed by atoms with Crippen LogP contribution < -0.4 is 16.0 Å². The molecule has 24 heteroatoms. The molecule has 6 aromatic carbocycles. The molecule has 564 valence electrons. The topological polar surface area (TPSA) is 225 Å². The van der Waals surface area contributed by atoms with Crippen molar-refractivity contribution in [1.29, 1.82) is 0 Å². The normalized spacial score (nSPS) is 21.0. The lowest BCUT2D eigenvalue weighted by Gasteiger charge is -2.40. The molecule has 1 unspecified atom stereocenters. The Morgan fingerprint density at radius 3 is 1.29 bits per heavy atom. The number of fused-ring (bicyclic) bond motifs is 3. The Morgan fingerprint density at radius 2 is 0.879 bits per heavy atom. The second kappa shape index (κ2) is 35.7. The van der Waals surface area contributed by atoms with Crippen LogP contribution in [0.1, 0.15) is 146 Å². The smallest absolute Gasteiger partial charge is 0.410 e.